The predicted molar refractivity (Wildman–Crippen MR) is 71.4 cm³/mol. The molecule has 3 heteroatoms. The van der Waals surface area contributed by atoms with Gasteiger partial charge in [-0.25, -0.2) is 4.68 Å². The minimum atomic E-state index is 0.579. The fraction of sp³-hybridized carbons (Fsp3) is 0.467. The third kappa shape index (κ3) is 2.61. The quantitative estimate of drug-likeness (QED) is 0.824. The van der Waals surface area contributed by atoms with Gasteiger partial charge in [0.2, 0.25) is 0 Å². The molecule has 1 fully saturated rings. The molecular formula is C15H19N3. The summed E-state index contributed by atoms with van der Waals surface area (Å²) in [6.45, 7) is 0. The van der Waals surface area contributed by atoms with E-state index < -0.39 is 0 Å². The molecule has 0 spiro atoms. The molecule has 1 saturated carbocycles. The van der Waals surface area contributed by atoms with Crippen molar-refractivity contribution in [3.05, 3.63) is 47.8 Å². The van der Waals surface area contributed by atoms with Gasteiger partial charge in [0.15, 0.2) is 0 Å². The van der Waals surface area contributed by atoms with Crippen molar-refractivity contribution in [3.63, 3.8) is 0 Å². The molecule has 0 aliphatic heterocycles. The van der Waals surface area contributed by atoms with Gasteiger partial charge < -0.3 is 0 Å². The van der Waals surface area contributed by atoms with Gasteiger partial charge in [-0.1, -0.05) is 54.8 Å². The standard InChI is InChI=1S/C15H19N3/c1-3-7-13(8-4-1)11-14-12-18(17-16-14)15-9-5-2-6-10-15/h1,3-4,7-8,12,15H,2,5-6,9-11H2. The van der Waals surface area contributed by atoms with Crippen molar-refractivity contribution in [1.82, 2.24) is 15.0 Å². The Morgan fingerprint density at radius 3 is 2.61 bits per heavy atom. The van der Waals surface area contributed by atoms with Crippen molar-refractivity contribution in [2.75, 3.05) is 0 Å². The molecule has 0 saturated heterocycles. The largest absolute Gasteiger partial charge is 0.249 e. The normalized spacial score (nSPS) is 16.9. The molecular weight excluding hydrogens is 222 g/mol. The highest BCUT2D eigenvalue weighted by molar-refractivity contribution is 5.19. The van der Waals surface area contributed by atoms with E-state index in [0.717, 1.165) is 12.1 Å². The Bertz CT molecular complexity index is 483. The molecule has 0 atom stereocenters. The zero-order valence-electron chi connectivity index (χ0n) is 10.6. The van der Waals surface area contributed by atoms with Crippen LogP contribution in [0.5, 0.6) is 0 Å². The summed E-state index contributed by atoms with van der Waals surface area (Å²) in [4.78, 5) is 0. The highest BCUT2D eigenvalue weighted by Gasteiger charge is 2.16. The number of benzene rings is 1. The first-order chi connectivity index (χ1) is 8.92. The molecule has 2 aromatic rings. The smallest absolute Gasteiger partial charge is 0.0870 e. The van der Waals surface area contributed by atoms with Gasteiger partial charge in [-0.05, 0) is 18.4 Å². The molecule has 1 aliphatic rings. The summed E-state index contributed by atoms with van der Waals surface area (Å²) in [6.07, 6.45) is 9.57. The van der Waals surface area contributed by atoms with E-state index in [2.05, 4.69) is 45.5 Å². The van der Waals surface area contributed by atoms with Crippen molar-refractivity contribution < 1.29 is 0 Å². The summed E-state index contributed by atoms with van der Waals surface area (Å²) in [7, 11) is 0. The number of rotatable bonds is 3. The molecule has 1 aromatic heterocycles. The average Bonchev–Trinajstić information content (AvgIpc) is 2.89. The van der Waals surface area contributed by atoms with Crippen LogP contribution < -0.4 is 0 Å². The maximum atomic E-state index is 4.30. The first kappa shape index (κ1) is 11.5. The second kappa shape index (κ2) is 5.34. The molecule has 3 rings (SSSR count). The van der Waals surface area contributed by atoms with E-state index in [1.54, 1.807) is 0 Å². The van der Waals surface area contributed by atoms with Crippen LogP contribution in [-0.4, -0.2) is 15.0 Å². The third-order valence-corrected chi connectivity index (χ3v) is 3.73. The van der Waals surface area contributed by atoms with Gasteiger partial charge in [0.25, 0.3) is 0 Å². The molecule has 94 valence electrons. The molecule has 1 aliphatic carbocycles. The van der Waals surface area contributed by atoms with E-state index in [-0.39, 0.29) is 0 Å². The molecule has 0 radical (unpaired) electrons. The Hall–Kier alpha value is -1.64. The van der Waals surface area contributed by atoms with E-state index in [4.69, 9.17) is 0 Å². The van der Waals surface area contributed by atoms with Crippen molar-refractivity contribution in [1.29, 1.82) is 0 Å². The summed E-state index contributed by atoms with van der Waals surface area (Å²) in [6, 6.07) is 11.0. The lowest BCUT2D eigenvalue weighted by Gasteiger charge is -2.20. The third-order valence-electron chi connectivity index (χ3n) is 3.73. The topological polar surface area (TPSA) is 30.7 Å². The fourth-order valence-electron chi connectivity index (χ4n) is 2.72. The molecule has 0 N–H and O–H groups in total. The van der Waals surface area contributed by atoms with E-state index in [9.17, 15) is 0 Å². The Morgan fingerprint density at radius 1 is 1.06 bits per heavy atom. The average molecular weight is 241 g/mol. The van der Waals surface area contributed by atoms with Crippen LogP contribution in [0.4, 0.5) is 0 Å². The van der Waals surface area contributed by atoms with Gasteiger partial charge in [-0.2, -0.15) is 0 Å². The van der Waals surface area contributed by atoms with Crippen LogP contribution in [0.15, 0.2) is 36.5 Å². The van der Waals surface area contributed by atoms with Crippen molar-refractivity contribution >= 4 is 0 Å². The van der Waals surface area contributed by atoms with Gasteiger partial charge in [0.1, 0.15) is 0 Å². The molecule has 3 nitrogen and oxygen atoms in total. The SMILES string of the molecule is c1ccc(Cc2cn(C3CCCCC3)nn2)cc1. The second-order valence-electron chi connectivity index (χ2n) is 5.14. The summed E-state index contributed by atoms with van der Waals surface area (Å²) < 4.78 is 2.08. The summed E-state index contributed by atoms with van der Waals surface area (Å²) in [5.41, 5.74) is 2.37. The molecule has 0 amide bonds. The van der Waals surface area contributed by atoms with Gasteiger partial charge >= 0.3 is 0 Å². The van der Waals surface area contributed by atoms with Crippen LogP contribution in [0.3, 0.4) is 0 Å². The van der Waals surface area contributed by atoms with E-state index in [1.807, 2.05) is 6.07 Å². The van der Waals surface area contributed by atoms with Crippen LogP contribution in [0.2, 0.25) is 0 Å². The van der Waals surface area contributed by atoms with Crippen LogP contribution in [0, 0.1) is 0 Å². The zero-order valence-corrected chi connectivity index (χ0v) is 10.6. The van der Waals surface area contributed by atoms with Gasteiger partial charge in [-0.15, -0.1) is 5.10 Å². The van der Waals surface area contributed by atoms with Crippen molar-refractivity contribution in [2.45, 2.75) is 44.6 Å². The van der Waals surface area contributed by atoms with Crippen molar-refractivity contribution in [2.24, 2.45) is 0 Å². The first-order valence-electron chi connectivity index (χ1n) is 6.86. The van der Waals surface area contributed by atoms with Crippen LogP contribution in [-0.2, 0) is 6.42 Å². The molecule has 18 heavy (non-hydrogen) atoms. The van der Waals surface area contributed by atoms with Crippen LogP contribution in [0.25, 0.3) is 0 Å². The molecule has 0 unspecified atom stereocenters. The minimum absolute atomic E-state index is 0.579. The molecule has 1 aromatic carbocycles. The minimum Gasteiger partial charge on any atom is -0.249 e. The Labute approximate surface area is 108 Å². The Morgan fingerprint density at radius 2 is 1.83 bits per heavy atom. The van der Waals surface area contributed by atoms with Crippen LogP contribution in [0.1, 0.15) is 49.4 Å². The number of aromatic nitrogens is 3. The maximum Gasteiger partial charge on any atom is 0.0870 e. The summed E-state index contributed by atoms with van der Waals surface area (Å²) in [5.74, 6) is 0. The lowest BCUT2D eigenvalue weighted by molar-refractivity contribution is 0.324. The zero-order chi connectivity index (χ0) is 12.2. The lowest BCUT2D eigenvalue weighted by atomic mass is 9.96. The van der Waals surface area contributed by atoms with E-state index in [0.29, 0.717) is 6.04 Å². The highest BCUT2D eigenvalue weighted by Crippen LogP contribution is 2.27. The number of hydrogen-bond donors (Lipinski definition) is 0. The summed E-state index contributed by atoms with van der Waals surface area (Å²) >= 11 is 0. The Balaban J connectivity index is 1.69. The van der Waals surface area contributed by atoms with Crippen LogP contribution >= 0.6 is 0 Å². The lowest BCUT2D eigenvalue weighted by Crippen LogP contribution is -2.13. The Kier molecular flexibility index (Phi) is 3.40. The monoisotopic (exact) mass is 241 g/mol. The highest BCUT2D eigenvalue weighted by atomic mass is 15.4. The van der Waals surface area contributed by atoms with E-state index >= 15 is 0 Å². The first-order valence-corrected chi connectivity index (χ1v) is 6.86. The number of nitrogens with zero attached hydrogens (tertiary/aromatic N) is 3. The molecule has 0 bridgehead atoms. The number of hydrogen-bond acceptors (Lipinski definition) is 2. The maximum absolute atomic E-state index is 4.30. The van der Waals surface area contributed by atoms with E-state index in [1.165, 1.54) is 37.7 Å². The van der Waals surface area contributed by atoms with Gasteiger partial charge in [-0.3, -0.25) is 0 Å². The van der Waals surface area contributed by atoms with Crippen molar-refractivity contribution in [3.8, 4) is 0 Å². The van der Waals surface area contributed by atoms with Gasteiger partial charge in [0, 0.05) is 12.6 Å². The second-order valence-corrected chi connectivity index (χ2v) is 5.14. The predicted octanol–water partition coefficient (Wildman–Crippen LogP) is 3.37. The summed E-state index contributed by atoms with van der Waals surface area (Å²) in [5, 5.41) is 8.60. The fourth-order valence-corrected chi connectivity index (χ4v) is 2.72. The molecule has 1 heterocycles. The van der Waals surface area contributed by atoms with Gasteiger partial charge in [0.05, 0.1) is 11.7 Å².